The molecule has 0 unspecified atom stereocenters. The Kier molecular flexibility index (Phi) is 22.7. The molecule has 488 valence electrons. The number of nitrogens with one attached hydrogen (secondary N) is 2. The molecular weight excluding hydrogens is 1300 g/mol. The van der Waals surface area contributed by atoms with Crippen molar-refractivity contribution in [2.75, 3.05) is 34.6 Å². The number of carbonyl (C=O) groups is 2. The molecule has 0 amide bonds. The molecule has 0 bridgehead atoms. The number of H-pyrrole nitrogens is 1. The normalized spacial score (nSPS) is 10.6. The van der Waals surface area contributed by atoms with E-state index in [1.165, 1.54) is 50.0 Å². The molecule has 0 saturated carbocycles. The number of hydrogen-bond donors (Lipinski definition) is 5. The van der Waals surface area contributed by atoms with Crippen LogP contribution in [-0.2, 0) is 46.0 Å². The maximum absolute atomic E-state index is 13.4. The van der Waals surface area contributed by atoms with Crippen molar-refractivity contribution in [2.45, 2.75) is 13.1 Å². The van der Waals surface area contributed by atoms with Crippen LogP contribution in [0.15, 0.2) is 224 Å². The monoisotopic (exact) mass is 1360 g/mol. The summed E-state index contributed by atoms with van der Waals surface area (Å²) in [6, 6.07) is 57.5. The number of halogens is 5. The molecule has 14 aromatic rings. The minimum absolute atomic E-state index is 0. The molecular formula is C70H65BrF4N17O4+. The number of benzene rings is 6. The number of pyridine rings is 4. The van der Waals surface area contributed by atoms with Gasteiger partial charge < -0.3 is 40.7 Å². The first-order valence-corrected chi connectivity index (χ1v) is 30.0. The molecule has 8 aromatic heterocycles. The molecule has 8 N–H and O–H groups in total. The number of methoxy groups -OCH3 is 1. The molecule has 0 radical (unpaired) electrons. The number of Topliss-reactive ketones (excluding diaryl/α,β-unsaturated/α-hetero) is 1. The van der Waals surface area contributed by atoms with Crippen LogP contribution in [0.1, 0.15) is 31.8 Å². The Labute approximate surface area is 556 Å². The van der Waals surface area contributed by atoms with Gasteiger partial charge in [0.1, 0.15) is 57.1 Å². The fraction of sp³-hybridized carbons (Fsp3) is 0.114. The molecule has 8 heterocycles. The summed E-state index contributed by atoms with van der Waals surface area (Å²) >= 11 is 3.07. The van der Waals surface area contributed by atoms with Gasteiger partial charge in [0.2, 0.25) is 17.8 Å². The largest absolute Gasteiger partial charge is 0.465 e. The van der Waals surface area contributed by atoms with Crippen LogP contribution >= 0.6 is 15.9 Å². The van der Waals surface area contributed by atoms with Crippen molar-refractivity contribution >= 4 is 113 Å². The molecule has 21 nitrogen and oxygen atoms in total. The first kappa shape index (κ1) is 68.6. The van der Waals surface area contributed by atoms with Gasteiger partial charge in [0.15, 0.2) is 11.6 Å². The van der Waals surface area contributed by atoms with Crippen LogP contribution in [0.3, 0.4) is 0 Å². The van der Waals surface area contributed by atoms with Gasteiger partial charge in [0.25, 0.3) is 0 Å². The number of ketones is 1. The van der Waals surface area contributed by atoms with Gasteiger partial charge >= 0.3 is 11.9 Å². The lowest BCUT2D eigenvalue weighted by atomic mass is 10.1. The number of nitrogens with zero attached hydrogens (tertiary/aromatic N) is 13. The number of ether oxygens (including phenoxy) is 1. The molecule has 0 aliphatic rings. The third-order valence-corrected chi connectivity index (χ3v) is 15.3. The number of aromatic amines is 1. The molecule has 0 spiro atoms. The van der Waals surface area contributed by atoms with Gasteiger partial charge in [-0.15, -0.1) is 0 Å². The van der Waals surface area contributed by atoms with Crippen molar-refractivity contribution in [2.24, 2.45) is 28.2 Å². The molecule has 0 fully saturated rings. The van der Waals surface area contributed by atoms with Crippen molar-refractivity contribution in [3.05, 3.63) is 269 Å². The summed E-state index contributed by atoms with van der Waals surface area (Å²) < 4.78 is 64.8. The minimum Gasteiger partial charge on any atom is -0.465 e. The SMILES string of the molecule is COC(=O)c1ccc(CN(c2ccc(F)cn2)c2[nH]c3ccccc3[n+]2C)cc1.Cn1c(N(Cc2ccc(C(=O)CO)cc2)c2ccc(F)cn2)nc2ccccc21.Cn1c(N)nc2ccccc21.Cn1c(Nc2ccc(F)cn2)nc2ccccc21.Fc1ccc(Br)nc1.N. The highest BCUT2D eigenvalue weighted by Gasteiger charge is 2.26. The lowest BCUT2D eigenvalue weighted by Crippen LogP contribution is -2.36. The van der Waals surface area contributed by atoms with E-state index in [1.54, 1.807) is 48.5 Å². The Morgan fingerprint density at radius 2 is 1.05 bits per heavy atom. The van der Waals surface area contributed by atoms with Crippen LogP contribution in [0.2, 0.25) is 0 Å². The quantitative estimate of drug-likeness (QED) is 0.0236. The first-order valence-electron chi connectivity index (χ1n) is 29.3. The molecule has 14 rings (SSSR count). The number of hydrogen-bond acceptors (Lipinski definition) is 16. The van der Waals surface area contributed by atoms with E-state index in [0.29, 0.717) is 64.1 Å². The highest BCUT2D eigenvalue weighted by Crippen LogP contribution is 2.30. The van der Waals surface area contributed by atoms with E-state index < -0.39 is 18.2 Å². The van der Waals surface area contributed by atoms with E-state index in [1.807, 2.05) is 178 Å². The standard InChI is InChI=1S/2C22H19FN4O2.C13H11FN4.C8H9N3.C5H3BrFN.H3N/c1-26-19-6-4-3-5-18(19)25-22(26)27(20-12-11-17(23)13-24-20)14-15-7-9-16(10-8-15)21(28)29-2;1-26-19-5-3-2-4-18(19)25-22(26)27(21-11-10-17(23)12-24-21)13-15-6-8-16(9-7-15)20(29)14-28;1-18-11-5-3-2-4-10(11)16-13(18)17-12-7-6-9(14)8-15-12;1-11-7-5-3-2-4-6(7)10-8(11)9;6-5-2-1-4(7)3-8-5;/h3-13H,14H2,1-2H3;2-12,28H,13-14H2,1H3;2-8H,1H3,(H,15,16,17);2-5H,1H3,(H2,9,10);1-3H;1H3/p+1. The van der Waals surface area contributed by atoms with Crippen molar-refractivity contribution < 1.29 is 41.6 Å². The number of esters is 1. The van der Waals surface area contributed by atoms with Crippen LogP contribution in [0, 0.1) is 23.3 Å². The number of para-hydroxylation sites is 8. The summed E-state index contributed by atoms with van der Waals surface area (Å²) in [4.78, 5) is 60.0. The van der Waals surface area contributed by atoms with Crippen molar-refractivity contribution in [1.29, 1.82) is 0 Å². The summed E-state index contributed by atoms with van der Waals surface area (Å²) in [5.74, 6) is 2.26. The van der Waals surface area contributed by atoms with Crippen molar-refractivity contribution in [3.63, 3.8) is 0 Å². The smallest absolute Gasteiger partial charge is 0.364 e. The summed E-state index contributed by atoms with van der Waals surface area (Å²) in [6.45, 7) is 0.370. The second-order valence-corrected chi connectivity index (χ2v) is 21.9. The Bertz CT molecular complexity index is 4690. The summed E-state index contributed by atoms with van der Waals surface area (Å²) in [5.41, 5.74) is 16.2. The van der Waals surface area contributed by atoms with E-state index in [2.05, 4.69) is 56.1 Å². The van der Waals surface area contributed by atoms with E-state index in [4.69, 9.17) is 20.6 Å². The molecule has 96 heavy (non-hydrogen) atoms. The van der Waals surface area contributed by atoms with Gasteiger partial charge in [-0.1, -0.05) is 84.9 Å². The molecule has 6 aromatic carbocycles. The number of nitrogens with two attached hydrogens (primary N) is 1. The second kappa shape index (κ2) is 31.7. The Morgan fingerprint density at radius 3 is 1.54 bits per heavy atom. The number of aryl methyl sites for hydroxylation is 4. The number of aliphatic hydroxyl groups is 1. The molecule has 0 aliphatic carbocycles. The van der Waals surface area contributed by atoms with E-state index in [0.717, 1.165) is 67.4 Å². The van der Waals surface area contributed by atoms with Crippen molar-refractivity contribution in [3.8, 4) is 0 Å². The summed E-state index contributed by atoms with van der Waals surface area (Å²) in [6.07, 6.45) is 4.70. The third kappa shape index (κ3) is 16.7. The number of aliphatic hydroxyl groups excluding tert-OH is 1. The third-order valence-electron chi connectivity index (χ3n) is 14.8. The second-order valence-electron chi connectivity index (χ2n) is 21.1. The topological polar surface area (TPSA) is 268 Å². The van der Waals surface area contributed by atoms with Gasteiger partial charge in [-0.3, -0.25) is 9.69 Å². The average Bonchev–Trinajstić information content (AvgIpc) is 1.66. The number of fused-ring (bicyclic) bond motifs is 4. The number of imidazole rings is 4. The predicted octanol–water partition coefficient (Wildman–Crippen LogP) is 13.4. The lowest BCUT2D eigenvalue weighted by Gasteiger charge is -2.23. The minimum atomic E-state index is -0.523. The fourth-order valence-electron chi connectivity index (χ4n) is 9.85. The number of rotatable bonds is 13. The van der Waals surface area contributed by atoms with Crippen LogP contribution in [0.5, 0.6) is 0 Å². The highest BCUT2D eigenvalue weighted by atomic mass is 79.9. The fourth-order valence-corrected chi connectivity index (χ4v) is 10.1. The Balaban J connectivity index is 0.000000150. The van der Waals surface area contributed by atoms with Crippen molar-refractivity contribution in [1.82, 2.24) is 59.7 Å². The maximum atomic E-state index is 13.4. The van der Waals surface area contributed by atoms with Gasteiger partial charge in [0.05, 0.1) is 90.7 Å². The Morgan fingerprint density at radius 1 is 0.573 bits per heavy atom. The molecule has 26 heteroatoms. The van der Waals surface area contributed by atoms with Crippen LogP contribution in [0.25, 0.3) is 44.1 Å². The predicted molar refractivity (Wildman–Crippen MR) is 366 cm³/mol. The van der Waals surface area contributed by atoms with Gasteiger partial charge in [-0.25, -0.2) is 71.7 Å². The van der Waals surface area contributed by atoms with E-state index >= 15 is 0 Å². The summed E-state index contributed by atoms with van der Waals surface area (Å²) in [5, 5.41) is 12.1. The number of anilines is 7. The molecule has 0 aliphatic heterocycles. The van der Waals surface area contributed by atoms with Gasteiger partial charge in [0, 0.05) is 26.7 Å². The number of carbonyl (C=O) groups excluding carboxylic acids is 2. The molecule has 0 saturated heterocycles. The maximum Gasteiger partial charge on any atom is 0.364 e. The van der Waals surface area contributed by atoms with Crippen LogP contribution in [0.4, 0.5) is 58.8 Å². The van der Waals surface area contributed by atoms with E-state index in [-0.39, 0.29) is 29.5 Å². The molecule has 0 atom stereocenters. The number of aromatic nitrogens is 12. The summed E-state index contributed by atoms with van der Waals surface area (Å²) in [7, 11) is 9.06. The number of nitrogen functional groups attached to an aromatic ring is 1. The van der Waals surface area contributed by atoms with E-state index in [9.17, 15) is 27.2 Å². The average molecular weight is 1360 g/mol. The zero-order valence-electron chi connectivity index (χ0n) is 52.6. The van der Waals surface area contributed by atoms with Gasteiger partial charge in [-0.2, -0.15) is 0 Å². The zero-order valence-corrected chi connectivity index (χ0v) is 54.2. The highest BCUT2D eigenvalue weighted by molar-refractivity contribution is 9.10. The van der Waals surface area contributed by atoms with Gasteiger partial charge in [-0.05, 0) is 136 Å². The van der Waals surface area contributed by atoms with Crippen LogP contribution in [-0.4, -0.2) is 84.1 Å². The Hall–Kier alpha value is -11.7. The first-order chi connectivity index (χ1) is 45.9. The zero-order chi connectivity index (χ0) is 67.1. The lowest BCUT2D eigenvalue weighted by molar-refractivity contribution is -0.631. The van der Waals surface area contributed by atoms with Crippen LogP contribution < -0.4 is 31.6 Å².